The highest BCUT2D eigenvalue weighted by Crippen LogP contribution is 2.43. The molecule has 0 radical (unpaired) electrons. The summed E-state index contributed by atoms with van der Waals surface area (Å²) < 4.78 is 12.9. The fourth-order valence-corrected chi connectivity index (χ4v) is 1.94. The molecule has 1 saturated carbocycles. The summed E-state index contributed by atoms with van der Waals surface area (Å²) in [4.78, 5) is 11.0. The number of hydrogen-bond acceptors (Lipinski definition) is 1. The summed E-state index contributed by atoms with van der Waals surface area (Å²) >= 11 is 5.62. The molecule has 15 heavy (non-hydrogen) atoms. The number of hydrogen-bond donors (Lipinski definition) is 1. The van der Waals surface area contributed by atoms with Crippen LogP contribution in [0.25, 0.3) is 0 Å². The Hall–Kier alpha value is -1.09. The van der Waals surface area contributed by atoms with Crippen LogP contribution >= 0.6 is 11.6 Å². The van der Waals surface area contributed by atoms with Gasteiger partial charge < -0.3 is 5.11 Å². The van der Waals surface area contributed by atoms with Gasteiger partial charge in [-0.2, -0.15) is 0 Å². The molecule has 1 aromatic rings. The van der Waals surface area contributed by atoms with Gasteiger partial charge in [0.15, 0.2) is 0 Å². The van der Waals surface area contributed by atoms with Crippen LogP contribution in [0.2, 0.25) is 5.02 Å². The Kier molecular flexibility index (Phi) is 2.65. The highest BCUT2D eigenvalue weighted by molar-refractivity contribution is 6.30. The van der Waals surface area contributed by atoms with Crippen molar-refractivity contribution in [2.45, 2.75) is 18.8 Å². The highest BCUT2D eigenvalue weighted by atomic mass is 35.5. The molecular formula is C11H10ClFO2. The van der Waals surface area contributed by atoms with Gasteiger partial charge in [0.05, 0.1) is 10.9 Å². The van der Waals surface area contributed by atoms with E-state index in [0.29, 0.717) is 5.56 Å². The quantitative estimate of drug-likeness (QED) is 0.863. The maximum atomic E-state index is 12.9. The topological polar surface area (TPSA) is 37.3 Å². The van der Waals surface area contributed by atoms with Crippen LogP contribution in [0.4, 0.5) is 4.39 Å². The van der Waals surface area contributed by atoms with Gasteiger partial charge in [-0.05, 0) is 36.5 Å². The Bertz CT molecular complexity index is 402. The van der Waals surface area contributed by atoms with Crippen molar-refractivity contribution in [1.82, 2.24) is 0 Å². The lowest BCUT2D eigenvalue weighted by Crippen LogP contribution is -2.13. The zero-order valence-corrected chi connectivity index (χ0v) is 8.67. The number of benzene rings is 1. The van der Waals surface area contributed by atoms with Crippen LogP contribution in [-0.2, 0) is 4.79 Å². The first-order valence-corrected chi connectivity index (χ1v) is 5.15. The van der Waals surface area contributed by atoms with E-state index in [1.54, 1.807) is 0 Å². The molecule has 0 bridgehead atoms. The van der Waals surface area contributed by atoms with E-state index >= 15 is 0 Å². The third-order valence-corrected chi connectivity index (χ3v) is 2.95. The largest absolute Gasteiger partial charge is 0.481 e. The van der Waals surface area contributed by atoms with E-state index < -0.39 is 17.7 Å². The second-order valence-corrected chi connectivity index (χ2v) is 4.23. The van der Waals surface area contributed by atoms with Crippen molar-refractivity contribution in [3.63, 3.8) is 0 Å². The molecule has 2 nitrogen and oxygen atoms in total. The predicted molar refractivity (Wildman–Crippen MR) is 54.5 cm³/mol. The predicted octanol–water partition coefficient (Wildman–Crippen LogP) is 3.06. The summed E-state index contributed by atoms with van der Waals surface area (Å²) in [7, 11) is 0. The monoisotopic (exact) mass is 228 g/mol. The number of aliphatic carboxylic acids is 1. The molecule has 1 aliphatic carbocycles. The van der Waals surface area contributed by atoms with Gasteiger partial charge in [0.2, 0.25) is 0 Å². The van der Waals surface area contributed by atoms with Crippen molar-refractivity contribution in [3.05, 3.63) is 34.6 Å². The van der Waals surface area contributed by atoms with Gasteiger partial charge in [0.1, 0.15) is 5.82 Å². The van der Waals surface area contributed by atoms with E-state index in [2.05, 4.69) is 0 Å². The number of carboxylic acids is 1. The lowest BCUT2D eigenvalue weighted by atomic mass is 9.94. The van der Waals surface area contributed by atoms with E-state index in [1.807, 2.05) is 0 Å². The van der Waals surface area contributed by atoms with Crippen molar-refractivity contribution >= 4 is 17.6 Å². The number of carbonyl (C=O) groups is 1. The van der Waals surface area contributed by atoms with Crippen molar-refractivity contribution in [2.24, 2.45) is 5.92 Å². The molecule has 1 N–H and O–H groups in total. The molecule has 1 atom stereocenters. The molecule has 0 aromatic heterocycles. The maximum Gasteiger partial charge on any atom is 0.311 e. The molecule has 2 rings (SSSR count). The maximum absolute atomic E-state index is 12.9. The van der Waals surface area contributed by atoms with E-state index in [1.165, 1.54) is 18.2 Å². The van der Waals surface area contributed by atoms with E-state index in [0.717, 1.165) is 12.8 Å². The molecule has 4 heteroatoms. The average molecular weight is 229 g/mol. The van der Waals surface area contributed by atoms with Crippen molar-refractivity contribution < 1.29 is 14.3 Å². The zero-order chi connectivity index (χ0) is 11.0. The first-order chi connectivity index (χ1) is 7.09. The van der Waals surface area contributed by atoms with E-state index in [9.17, 15) is 9.18 Å². The summed E-state index contributed by atoms with van der Waals surface area (Å²) in [5, 5.41) is 9.05. The SMILES string of the molecule is O=C(O)C(c1ccc(F)c(Cl)c1)C1CC1. The Morgan fingerprint density at radius 1 is 1.53 bits per heavy atom. The molecule has 0 aliphatic heterocycles. The van der Waals surface area contributed by atoms with Crippen molar-refractivity contribution in [1.29, 1.82) is 0 Å². The molecule has 1 fully saturated rings. The molecule has 0 spiro atoms. The van der Waals surface area contributed by atoms with E-state index in [-0.39, 0.29) is 10.9 Å². The molecule has 1 aromatic carbocycles. The molecule has 0 saturated heterocycles. The highest BCUT2D eigenvalue weighted by Gasteiger charge is 2.37. The lowest BCUT2D eigenvalue weighted by molar-refractivity contribution is -0.139. The van der Waals surface area contributed by atoms with Crippen LogP contribution < -0.4 is 0 Å². The molecule has 80 valence electrons. The van der Waals surface area contributed by atoms with Gasteiger partial charge in [-0.3, -0.25) is 4.79 Å². The summed E-state index contributed by atoms with van der Waals surface area (Å²) in [6.07, 6.45) is 1.85. The van der Waals surface area contributed by atoms with Crippen LogP contribution in [0.3, 0.4) is 0 Å². The summed E-state index contributed by atoms with van der Waals surface area (Å²) in [5.41, 5.74) is 0.594. The summed E-state index contributed by atoms with van der Waals surface area (Å²) in [5.74, 6) is -1.73. The Morgan fingerprint density at radius 2 is 2.20 bits per heavy atom. The Morgan fingerprint density at radius 3 is 2.67 bits per heavy atom. The minimum atomic E-state index is -0.861. The number of rotatable bonds is 3. The average Bonchev–Trinajstić information content (AvgIpc) is 2.95. The van der Waals surface area contributed by atoms with E-state index in [4.69, 9.17) is 16.7 Å². The Labute approximate surface area is 91.7 Å². The van der Waals surface area contributed by atoms with Crippen molar-refractivity contribution in [3.8, 4) is 0 Å². The first kappa shape index (κ1) is 10.4. The second-order valence-electron chi connectivity index (χ2n) is 3.83. The van der Waals surface area contributed by atoms with Crippen molar-refractivity contribution in [2.75, 3.05) is 0 Å². The third-order valence-electron chi connectivity index (χ3n) is 2.66. The van der Waals surface area contributed by atoms with Gasteiger partial charge >= 0.3 is 5.97 Å². The number of halogens is 2. The zero-order valence-electron chi connectivity index (χ0n) is 7.91. The van der Waals surface area contributed by atoms with Crippen LogP contribution in [0, 0.1) is 11.7 Å². The Balaban J connectivity index is 2.33. The smallest absolute Gasteiger partial charge is 0.311 e. The van der Waals surface area contributed by atoms with Crippen LogP contribution in [0.5, 0.6) is 0 Å². The van der Waals surface area contributed by atoms with Gasteiger partial charge in [0, 0.05) is 0 Å². The minimum absolute atomic E-state index is 0.0144. The number of carboxylic acid groups (broad SMARTS) is 1. The van der Waals surface area contributed by atoms with Gasteiger partial charge in [-0.15, -0.1) is 0 Å². The van der Waals surface area contributed by atoms with Crippen LogP contribution in [0.1, 0.15) is 24.3 Å². The molecule has 0 amide bonds. The molecular weight excluding hydrogens is 219 g/mol. The molecule has 1 aliphatic rings. The fraction of sp³-hybridized carbons (Fsp3) is 0.364. The van der Waals surface area contributed by atoms with Gasteiger partial charge in [-0.1, -0.05) is 17.7 Å². The lowest BCUT2D eigenvalue weighted by Gasteiger charge is -2.11. The normalized spacial score (nSPS) is 17.5. The summed E-state index contributed by atoms with van der Waals surface area (Å²) in [6.45, 7) is 0. The summed E-state index contributed by atoms with van der Waals surface area (Å²) in [6, 6.07) is 4.13. The molecule has 0 heterocycles. The first-order valence-electron chi connectivity index (χ1n) is 4.77. The van der Waals surface area contributed by atoms with Crippen LogP contribution in [0.15, 0.2) is 18.2 Å². The second kappa shape index (κ2) is 3.81. The third kappa shape index (κ3) is 2.12. The standard InChI is InChI=1S/C11H10ClFO2/c12-8-5-7(3-4-9(8)13)10(11(14)15)6-1-2-6/h3-6,10H,1-2H2,(H,14,15). The van der Waals surface area contributed by atoms with Crippen LogP contribution in [-0.4, -0.2) is 11.1 Å². The minimum Gasteiger partial charge on any atom is -0.481 e. The fourth-order valence-electron chi connectivity index (χ4n) is 1.75. The molecule has 1 unspecified atom stereocenters. The van der Waals surface area contributed by atoms with Gasteiger partial charge in [-0.25, -0.2) is 4.39 Å². The van der Waals surface area contributed by atoms with Gasteiger partial charge in [0.25, 0.3) is 0 Å².